The van der Waals surface area contributed by atoms with Crippen LogP contribution in [-0.4, -0.2) is 35.0 Å². The first kappa shape index (κ1) is 27.8. The molecule has 41 heavy (non-hydrogen) atoms. The maximum absolute atomic E-state index is 13.4. The molecule has 0 bridgehead atoms. The molecule has 0 aliphatic carbocycles. The number of nitrogens with one attached hydrogen (secondary N) is 2. The van der Waals surface area contributed by atoms with Gasteiger partial charge in [0.2, 0.25) is 0 Å². The molecule has 5 rings (SSSR count). The molecule has 0 radical (unpaired) electrons. The number of ether oxygens (including phenoxy) is 1. The molecule has 1 aliphatic heterocycles. The molecule has 11 heteroatoms. The summed E-state index contributed by atoms with van der Waals surface area (Å²) < 4.78 is 5.12. The van der Waals surface area contributed by atoms with Gasteiger partial charge in [0.25, 0.3) is 17.7 Å². The highest BCUT2D eigenvalue weighted by Crippen LogP contribution is 2.36. The smallest absolute Gasteiger partial charge is 0.283 e. The summed E-state index contributed by atoms with van der Waals surface area (Å²) >= 11 is 2.20. The van der Waals surface area contributed by atoms with Gasteiger partial charge in [0, 0.05) is 5.56 Å². The predicted octanol–water partition coefficient (Wildman–Crippen LogP) is 5.84. The fraction of sp³-hybridized carbons (Fsp3) is 0.100. The quantitative estimate of drug-likeness (QED) is 0.209. The molecular weight excluding hydrogens is 558 g/mol. The van der Waals surface area contributed by atoms with Gasteiger partial charge in [0.15, 0.2) is 10.3 Å². The van der Waals surface area contributed by atoms with Gasteiger partial charge in [-0.1, -0.05) is 59.4 Å². The lowest BCUT2D eigenvalue weighted by Gasteiger charge is -2.15. The zero-order valence-electron chi connectivity index (χ0n) is 22.4. The molecule has 0 unspecified atom stereocenters. The number of anilines is 2. The van der Waals surface area contributed by atoms with E-state index in [9.17, 15) is 14.4 Å². The Hall–Kier alpha value is -4.74. The minimum absolute atomic E-state index is 0.243. The van der Waals surface area contributed by atoms with Crippen molar-refractivity contribution in [3.8, 4) is 5.75 Å². The number of nitrogens with zero attached hydrogens (tertiary/aromatic N) is 3. The molecule has 0 spiro atoms. The molecule has 1 aliphatic rings. The van der Waals surface area contributed by atoms with Gasteiger partial charge in [-0.3, -0.25) is 24.6 Å². The van der Waals surface area contributed by atoms with E-state index in [2.05, 4.69) is 20.8 Å². The van der Waals surface area contributed by atoms with Crippen molar-refractivity contribution in [2.75, 3.05) is 17.3 Å². The number of benzene rings is 3. The number of amides is 3. The third kappa shape index (κ3) is 6.37. The molecule has 0 saturated carbocycles. The average Bonchev–Trinajstić information content (AvgIpc) is 3.51. The lowest BCUT2D eigenvalue weighted by Crippen LogP contribution is -2.31. The molecule has 3 aromatic carbocycles. The highest BCUT2D eigenvalue weighted by Gasteiger charge is 2.35. The summed E-state index contributed by atoms with van der Waals surface area (Å²) in [6, 6.07) is 23.6. The number of carbonyl (C=O) groups is 3. The molecule has 2 N–H and O–H groups in total. The second kappa shape index (κ2) is 12.2. The largest absolute Gasteiger partial charge is 0.497 e. The van der Waals surface area contributed by atoms with Crippen LogP contribution >= 0.6 is 23.1 Å². The normalized spacial score (nSPS) is 14.9. The highest BCUT2D eigenvalue weighted by atomic mass is 32.2. The molecule has 4 aromatic rings. The summed E-state index contributed by atoms with van der Waals surface area (Å²) in [7, 11) is 1.55. The third-order valence-corrected chi connectivity index (χ3v) is 8.06. The van der Waals surface area contributed by atoms with Crippen LogP contribution in [0.2, 0.25) is 0 Å². The number of carbonyl (C=O) groups excluding carboxylic acids is 3. The van der Waals surface area contributed by atoms with Gasteiger partial charge in [-0.25, -0.2) is 10.4 Å². The lowest BCUT2D eigenvalue weighted by molar-refractivity contribution is -0.113. The Morgan fingerprint density at radius 3 is 2.34 bits per heavy atom. The lowest BCUT2D eigenvalue weighted by atomic mass is 10.1. The Morgan fingerprint density at radius 1 is 0.951 bits per heavy atom. The first-order valence-corrected chi connectivity index (χ1v) is 14.1. The van der Waals surface area contributed by atoms with Gasteiger partial charge in [-0.05, 0) is 73.6 Å². The minimum Gasteiger partial charge on any atom is -0.497 e. The van der Waals surface area contributed by atoms with Crippen LogP contribution in [0.1, 0.15) is 36.9 Å². The fourth-order valence-electron chi connectivity index (χ4n) is 3.89. The second-order valence-corrected chi connectivity index (χ2v) is 11.0. The molecular formula is C30H25N5O4S2. The Balaban J connectivity index is 1.34. The molecule has 0 atom stereocenters. The summed E-state index contributed by atoms with van der Waals surface area (Å²) in [4.78, 5) is 45.7. The zero-order chi connectivity index (χ0) is 28.9. The number of hydrogen-bond acceptors (Lipinski definition) is 8. The van der Waals surface area contributed by atoms with Crippen molar-refractivity contribution in [2.24, 2.45) is 5.10 Å². The van der Waals surface area contributed by atoms with E-state index in [0.717, 1.165) is 22.5 Å². The van der Waals surface area contributed by atoms with E-state index in [1.165, 1.54) is 16.7 Å². The summed E-state index contributed by atoms with van der Waals surface area (Å²) in [6.07, 6.45) is 1.80. The van der Waals surface area contributed by atoms with Crippen LogP contribution < -0.4 is 20.4 Å². The molecule has 3 amide bonds. The molecule has 9 nitrogen and oxygen atoms in total. The van der Waals surface area contributed by atoms with E-state index in [4.69, 9.17) is 4.74 Å². The first-order valence-electron chi connectivity index (χ1n) is 12.5. The number of para-hydroxylation sites is 1. The summed E-state index contributed by atoms with van der Waals surface area (Å²) in [5, 5.41) is 7.62. The number of rotatable bonds is 7. The van der Waals surface area contributed by atoms with E-state index in [0.29, 0.717) is 32.8 Å². The van der Waals surface area contributed by atoms with Crippen molar-refractivity contribution in [3.63, 3.8) is 0 Å². The molecule has 1 fully saturated rings. The highest BCUT2D eigenvalue weighted by molar-refractivity contribution is 8.19. The van der Waals surface area contributed by atoms with Crippen molar-refractivity contribution in [1.82, 2.24) is 10.4 Å². The van der Waals surface area contributed by atoms with E-state index in [1.807, 2.05) is 49.4 Å². The van der Waals surface area contributed by atoms with Gasteiger partial charge in [0.05, 0.1) is 23.4 Å². The monoisotopic (exact) mass is 583 g/mol. The van der Waals surface area contributed by atoms with Crippen molar-refractivity contribution in [1.29, 1.82) is 0 Å². The third-order valence-electron chi connectivity index (χ3n) is 6.02. The number of aromatic nitrogens is 1. The van der Waals surface area contributed by atoms with Crippen LogP contribution in [0.3, 0.4) is 0 Å². The van der Waals surface area contributed by atoms with Gasteiger partial charge in [0.1, 0.15) is 10.6 Å². The van der Waals surface area contributed by atoms with Crippen LogP contribution in [0.15, 0.2) is 88.9 Å². The van der Waals surface area contributed by atoms with Crippen molar-refractivity contribution in [2.45, 2.75) is 13.8 Å². The fourth-order valence-corrected chi connectivity index (χ4v) is 5.68. The number of hydrazone groups is 1. The van der Waals surface area contributed by atoms with E-state index in [-0.39, 0.29) is 21.8 Å². The van der Waals surface area contributed by atoms with E-state index in [1.54, 1.807) is 56.5 Å². The Labute approximate surface area is 244 Å². The van der Waals surface area contributed by atoms with Gasteiger partial charge in [-0.15, -0.1) is 5.10 Å². The second-order valence-electron chi connectivity index (χ2n) is 8.95. The number of thiazole rings is 1. The van der Waals surface area contributed by atoms with Crippen molar-refractivity contribution in [3.05, 3.63) is 111 Å². The van der Waals surface area contributed by atoms with Crippen LogP contribution in [0.5, 0.6) is 5.75 Å². The van der Waals surface area contributed by atoms with Crippen LogP contribution in [-0.2, 0) is 4.79 Å². The average molecular weight is 584 g/mol. The van der Waals surface area contributed by atoms with E-state index >= 15 is 0 Å². The minimum atomic E-state index is -0.505. The topological polar surface area (TPSA) is 113 Å². The zero-order valence-corrected chi connectivity index (χ0v) is 24.0. The molecule has 206 valence electrons. The number of hydrogen-bond donors (Lipinski definition) is 2. The maximum atomic E-state index is 13.4. The van der Waals surface area contributed by atoms with Crippen LogP contribution in [0.25, 0.3) is 6.08 Å². The Bertz CT molecular complexity index is 1660. The van der Waals surface area contributed by atoms with Crippen LogP contribution in [0, 0.1) is 13.8 Å². The standard InChI is InChI=1S/C30H25N5O4S2/c1-18-9-11-20(12-10-18)17-24-28(38)35(22-7-5-4-6-8-22)30(40-24)34-33-27(37)25-19(2)31-29(41-25)32-26(36)21-13-15-23(39-3)16-14-21/h4-17H,1-3H3,(H,33,37)(H,31,32,36)/b24-17-,34-30+. The number of aryl methyl sites for hydroxylation is 2. The molecule has 1 saturated heterocycles. The molecule has 1 aromatic heterocycles. The Morgan fingerprint density at radius 2 is 1.66 bits per heavy atom. The predicted molar refractivity (Wildman–Crippen MR) is 163 cm³/mol. The maximum Gasteiger partial charge on any atom is 0.283 e. The van der Waals surface area contributed by atoms with E-state index < -0.39 is 5.91 Å². The molecule has 2 heterocycles. The van der Waals surface area contributed by atoms with Gasteiger partial charge < -0.3 is 4.74 Å². The van der Waals surface area contributed by atoms with Crippen molar-refractivity contribution < 1.29 is 19.1 Å². The summed E-state index contributed by atoms with van der Waals surface area (Å²) in [6.45, 7) is 3.67. The van der Waals surface area contributed by atoms with Gasteiger partial charge >= 0.3 is 0 Å². The summed E-state index contributed by atoms with van der Waals surface area (Å²) in [5.74, 6) is -0.472. The van der Waals surface area contributed by atoms with Crippen molar-refractivity contribution >= 4 is 62.9 Å². The number of thioether (sulfide) groups is 1. The summed E-state index contributed by atoms with van der Waals surface area (Å²) in [5.41, 5.74) is 6.05. The number of methoxy groups -OCH3 is 1. The number of amidine groups is 1. The first-order chi connectivity index (χ1) is 19.8. The van der Waals surface area contributed by atoms with Gasteiger partial charge in [-0.2, -0.15) is 0 Å². The SMILES string of the molecule is COc1ccc(C(=O)Nc2nc(C)c(C(=O)N/N=C3/S/C(=C\c4ccc(C)cc4)C(=O)N3c3ccccc3)s2)cc1. The Kier molecular flexibility index (Phi) is 8.27. The van der Waals surface area contributed by atoms with Crippen LogP contribution in [0.4, 0.5) is 10.8 Å².